The van der Waals surface area contributed by atoms with E-state index in [1.807, 2.05) is 30.5 Å². The van der Waals surface area contributed by atoms with Gasteiger partial charge in [-0.25, -0.2) is 0 Å². The van der Waals surface area contributed by atoms with Gasteiger partial charge in [-0.15, -0.1) is 11.8 Å². The van der Waals surface area contributed by atoms with Gasteiger partial charge in [0.25, 0.3) is 5.91 Å². The van der Waals surface area contributed by atoms with Gasteiger partial charge in [-0.3, -0.25) is 4.79 Å². The molecule has 0 fully saturated rings. The number of ether oxygens (including phenoxy) is 1. The Bertz CT molecular complexity index is 676. The molecule has 122 valence electrons. The largest absolute Gasteiger partial charge is 0.497 e. The summed E-state index contributed by atoms with van der Waals surface area (Å²) in [5.41, 5.74) is 1.24. The second-order valence-electron chi connectivity index (χ2n) is 4.84. The lowest BCUT2D eigenvalue weighted by Crippen LogP contribution is -2.28. The molecule has 0 aliphatic carbocycles. The summed E-state index contributed by atoms with van der Waals surface area (Å²) >= 11 is 4.99. The van der Waals surface area contributed by atoms with E-state index in [-0.39, 0.29) is 12.5 Å². The molecular formula is C17H18BrNO3S. The third kappa shape index (κ3) is 4.73. The molecule has 0 spiro atoms. The van der Waals surface area contributed by atoms with Crippen molar-refractivity contribution in [1.29, 1.82) is 0 Å². The molecule has 1 amide bonds. The molecule has 6 heteroatoms. The molecule has 1 atom stereocenters. The zero-order chi connectivity index (χ0) is 16.8. The van der Waals surface area contributed by atoms with E-state index in [0.717, 1.165) is 10.5 Å². The van der Waals surface area contributed by atoms with Gasteiger partial charge in [-0.05, 0) is 58.1 Å². The summed E-state index contributed by atoms with van der Waals surface area (Å²) in [6.45, 7) is 0.140. The molecule has 0 heterocycles. The van der Waals surface area contributed by atoms with Crippen LogP contribution in [0.5, 0.6) is 5.75 Å². The van der Waals surface area contributed by atoms with Crippen molar-refractivity contribution in [3.8, 4) is 5.75 Å². The van der Waals surface area contributed by atoms with Crippen molar-refractivity contribution < 1.29 is 14.6 Å². The van der Waals surface area contributed by atoms with Crippen molar-refractivity contribution in [2.75, 3.05) is 19.9 Å². The minimum Gasteiger partial charge on any atom is -0.497 e. The van der Waals surface area contributed by atoms with Crippen LogP contribution in [-0.4, -0.2) is 30.9 Å². The highest BCUT2D eigenvalue weighted by Crippen LogP contribution is 2.23. The van der Waals surface area contributed by atoms with Crippen LogP contribution in [0.25, 0.3) is 0 Å². The highest BCUT2D eigenvalue weighted by Gasteiger charge is 2.14. The van der Waals surface area contributed by atoms with Crippen molar-refractivity contribution >= 4 is 33.6 Å². The Balaban J connectivity index is 2.00. The van der Waals surface area contributed by atoms with Gasteiger partial charge < -0.3 is 15.2 Å². The molecule has 0 unspecified atom stereocenters. The van der Waals surface area contributed by atoms with Crippen LogP contribution in [0, 0.1) is 0 Å². The smallest absolute Gasteiger partial charge is 0.252 e. The number of aliphatic hydroxyl groups is 1. The molecule has 2 aromatic rings. The number of aliphatic hydroxyl groups excluding tert-OH is 1. The fourth-order valence-corrected chi connectivity index (χ4v) is 2.87. The van der Waals surface area contributed by atoms with Crippen LogP contribution in [0.2, 0.25) is 0 Å². The minimum absolute atomic E-state index is 0.140. The number of carbonyl (C=O) groups is 1. The Morgan fingerprint density at radius 3 is 2.61 bits per heavy atom. The number of methoxy groups -OCH3 is 1. The maximum absolute atomic E-state index is 12.3. The van der Waals surface area contributed by atoms with E-state index >= 15 is 0 Å². The van der Waals surface area contributed by atoms with Crippen molar-refractivity contribution in [2.45, 2.75) is 11.0 Å². The summed E-state index contributed by atoms with van der Waals surface area (Å²) in [6, 6.07) is 12.8. The van der Waals surface area contributed by atoms with Crippen LogP contribution < -0.4 is 10.1 Å². The fourth-order valence-electron chi connectivity index (χ4n) is 2.03. The van der Waals surface area contributed by atoms with Crippen molar-refractivity contribution in [1.82, 2.24) is 5.32 Å². The first-order valence-corrected chi connectivity index (χ1v) is 9.00. The van der Waals surface area contributed by atoms with Gasteiger partial charge in [0.2, 0.25) is 0 Å². The maximum atomic E-state index is 12.3. The summed E-state index contributed by atoms with van der Waals surface area (Å²) < 4.78 is 5.80. The van der Waals surface area contributed by atoms with Gasteiger partial charge in [0.1, 0.15) is 5.75 Å². The van der Waals surface area contributed by atoms with Gasteiger partial charge in [-0.1, -0.05) is 12.1 Å². The SMILES string of the molecule is COc1ccc(Br)c(C(=O)NC[C@H](O)c2ccc(SC)cc2)c1. The number of halogens is 1. The second kappa shape index (κ2) is 8.38. The molecule has 4 nitrogen and oxygen atoms in total. The number of rotatable bonds is 6. The molecule has 23 heavy (non-hydrogen) atoms. The summed E-state index contributed by atoms with van der Waals surface area (Å²) in [4.78, 5) is 13.4. The quantitative estimate of drug-likeness (QED) is 0.732. The van der Waals surface area contributed by atoms with E-state index in [1.54, 1.807) is 37.1 Å². The summed E-state index contributed by atoms with van der Waals surface area (Å²) in [5.74, 6) is 0.335. The number of carbonyl (C=O) groups excluding carboxylic acids is 1. The molecule has 0 aliphatic rings. The first-order chi connectivity index (χ1) is 11.0. The van der Waals surface area contributed by atoms with Crippen LogP contribution in [0.1, 0.15) is 22.0 Å². The normalized spacial score (nSPS) is 11.8. The Morgan fingerprint density at radius 1 is 1.30 bits per heavy atom. The van der Waals surface area contributed by atoms with E-state index in [1.165, 1.54) is 0 Å². The molecule has 0 aliphatic heterocycles. The van der Waals surface area contributed by atoms with Gasteiger partial charge in [-0.2, -0.15) is 0 Å². The standard InChI is InChI=1S/C17H18BrNO3S/c1-22-12-5-8-15(18)14(9-12)17(21)19-10-16(20)11-3-6-13(23-2)7-4-11/h3-9,16,20H,10H2,1-2H3,(H,19,21)/t16-/m0/s1. The Morgan fingerprint density at radius 2 is 2.00 bits per heavy atom. The van der Waals surface area contributed by atoms with Crippen molar-refractivity contribution in [2.24, 2.45) is 0 Å². The lowest BCUT2D eigenvalue weighted by atomic mass is 10.1. The second-order valence-corrected chi connectivity index (χ2v) is 6.58. The number of nitrogens with one attached hydrogen (secondary N) is 1. The average molecular weight is 396 g/mol. The van der Waals surface area contributed by atoms with E-state index in [0.29, 0.717) is 15.8 Å². The topological polar surface area (TPSA) is 58.6 Å². The van der Waals surface area contributed by atoms with Crippen LogP contribution in [0.3, 0.4) is 0 Å². The molecule has 2 aromatic carbocycles. The maximum Gasteiger partial charge on any atom is 0.252 e. The van der Waals surface area contributed by atoms with E-state index in [9.17, 15) is 9.90 Å². The first kappa shape index (κ1) is 17.8. The first-order valence-electron chi connectivity index (χ1n) is 6.99. The molecule has 0 bridgehead atoms. The minimum atomic E-state index is -0.751. The number of benzene rings is 2. The molecular weight excluding hydrogens is 378 g/mol. The van der Waals surface area contributed by atoms with E-state index in [4.69, 9.17) is 4.74 Å². The molecule has 2 rings (SSSR count). The van der Waals surface area contributed by atoms with E-state index < -0.39 is 6.10 Å². The van der Waals surface area contributed by atoms with Gasteiger partial charge in [0.05, 0.1) is 18.8 Å². The average Bonchev–Trinajstić information content (AvgIpc) is 2.59. The monoisotopic (exact) mass is 395 g/mol. The predicted molar refractivity (Wildman–Crippen MR) is 96.2 cm³/mol. The van der Waals surface area contributed by atoms with Crippen LogP contribution >= 0.6 is 27.7 Å². The molecule has 0 saturated heterocycles. The summed E-state index contributed by atoms with van der Waals surface area (Å²) in [7, 11) is 1.55. The number of thioether (sulfide) groups is 1. The number of amides is 1. The highest BCUT2D eigenvalue weighted by molar-refractivity contribution is 9.10. The van der Waals surface area contributed by atoms with Gasteiger partial charge in [0, 0.05) is 15.9 Å². The van der Waals surface area contributed by atoms with Crippen LogP contribution in [-0.2, 0) is 0 Å². The Hall–Kier alpha value is -1.50. The molecule has 0 aromatic heterocycles. The third-order valence-electron chi connectivity index (χ3n) is 3.37. The zero-order valence-electron chi connectivity index (χ0n) is 12.9. The predicted octanol–water partition coefficient (Wildman–Crippen LogP) is 3.64. The van der Waals surface area contributed by atoms with Crippen molar-refractivity contribution in [3.63, 3.8) is 0 Å². The van der Waals surface area contributed by atoms with Crippen molar-refractivity contribution in [3.05, 3.63) is 58.1 Å². The molecule has 0 radical (unpaired) electrons. The summed E-state index contributed by atoms with van der Waals surface area (Å²) in [6.07, 6.45) is 1.25. The third-order valence-corrected chi connectivity index (χ3v) is 4.81. The summed E-state index contributed by atoms with van der Waals surface area (Å²) in [5, 5.41) is 12.9. The van der Waals surface area contributed by atoms with Crippen LogP contribution in [0.15, 0.2) is 51.8 Å². The molecule has 2 N–H and O–H groups in total. The number of hydrogen-bond donors (Lipinski definition) is 2. The number of hydrogen-bond acceptors (Lipinski definition) is 4. The lowest BCUT2D eigenvalue weighted by molar-refractivity contribution is 0.0915. The molecule has 0 saturated carbocycles. The van der Waals surface area contributed by atoms with E-state index in [2.05, 4.69) is 21.2 Å². The fraction of sp³-hybridized carbons (Fsp3) is 0.235. The van der Waals surface area contributed by atoms with Gasteiger partial charge >= 0.3 is 0 Å². The van der Waals surface area contributed by atoms with Crippen LogP contribution in [0.4, 0.5) is 0 Å². The lowest BCUT2D eigenvalue weighted by Gasteiger charge is -2.13. The van der Waals surface area contributed by atoms with Gasteiger partial charge in [0.15, 0.2) is 0 Å². The highest BCUT2D eigenvalue weighted by atomic mass is 79.9. The zero-order valence-corrected chi connectivity index (χ0v) is 15.3. The Kier molecular flexibility index (Phi) is 6.50. The Labute approximate surface area is 148 Å².